The lowest BCUT2D eigenvalue weighted by Crippen LogP contribution is -2.41. The molecule has 0 aliphatic heterocycles. The summed E-state index contributed by atoms with van der Waals surface area (Å²) in [5.74, 6) is 0.783. The molecule has 1 aromatic heterocycles. The minimum atomic E-state index is -0.381. The van der Waals surface area contributed by atoms with Crippen LogP contribution in [0.5, 0.6) is 11.5 Å². The number of ether oxygens (including phenoxy) is 2. The van der Waals surface area contributed by atoms with Gasteiger partial charge in [0.25, 0.3) is 5.91 Å². The molecule has 0 saturated carbocycles. The van der Waals surface area contributed by atoms with E-state index in [1.165, 1.54) is 4.90 Å². The van der Waals surface area contributed by atoms with Crippen molar-refractivity contribution in [2.75, 3.05) is 53.3 Å². The summed E-state index contributed by atoms with van der Waals surface area (Å²) in [4.78, 5) is 34.9. The van der Waals surface area contributed by atoms with E-state index >= 15 is 0 Å². The highest BCUT2D eigenvalue weighted by Gasteiger charge is 2.21. The van der Waals surface area contributed by atoms with Crippen molar-refractivity contribution < 1.29 is 19.1 Å². The Kier molecular flexibility index (Phi) is 9.42. The van der Waals surface area contributed by atoms with E-state index in [9.17, 15) is 9.59 Å². The maximum atomic E-state index is 13.4. The number of halogens is 1. The van der Waals surface area contributed by atoms with Crippen LogP contribution in [0.25, 0.3) is 16.9 Å². The van der Waals surface area contributed by atoms with Gasteiger partial charge in [-0.05, 0) is 50.5 Å². The van der Waals surface area contributed by atoms with E-state index in [0.717, 1.165) is 5.56 Å². The molecule has 0 radical (unpaired) electrons. The fourth-order valence-electron chi connectivity index (χ4n) is 4.07. The molecule has 0 spiro atoms. The molecule has 0 saturated heterocycles. The molecular formula is C30H32ClN5O4. The first-order valence-corrected chi connectivity index (χ1v) is 13.0. The maximum absolute atomic E-state index is 13.4. The zero-order valence-electron chi connectivity index (χ0n) is 22.9. The van der Waals surface area contributed by atoms with E-state index < -0.39 is 0 Å². The van der Waals surface area contributed by atoms with Crippen LogP contribution in [0.4, 0.5) is 5.95 Å². The number of carbonyl (C=O) groups is 2. The Morgan fingerprint density at radius 2 is 1.62 bits per heavy atom. The van der Waals surface area contributed by atoms with Gasteiger partial charge >= 0.3 is 0 Å². The number of carbonyl (C=O) groups excluding carboxylic acids is 2. The molecule has 4 rings (SSSR count). The Morgan fingerprint density at radius 1 is 0.925 bits per heavy atom. The maximum Gasteiger partial charge on any atom is 0.254 e. The number of hydrogen-bond donors (Lipinski definition) is 1. The number of aromatic nitrogens is 2. The van der Waals surface area contributed by atoms with Crippen LogP contribution in [0.2, 0.25) is 5.02 Å². The molecule has 0 fully saturated rings. The summed E-state index contributed by atoms with van der Waals surface area (Å²) in [6.07, 6.45) is 1.84. The predicted octanol–water partition coefficient (Wildman–Crippen LogP) is 4.85. The van der Waals surface area contributed by atoms with Crippen molar-refractivity contribution in [1.82, 2.24) is 19.4 Å². The molecule has 0 unspecified atom stereocenters. The molecule has 0 bridgehead atoms. The van der Waals surface area contributed by atoms with E-state index in [4.69, 9.17) is 26.1 Å². The number of nitrogens with zero attached hydrogens (tertiary/aromatic N) is 4. The minimum Gasteiger partial charge on any atom is -0.493 e. The average molecular weight is 562 g/mol. The van der Waals surface area contributed by atoms with Crippen molar-refractivity contribution in [3.63, 3.8) is 0 Å². The summed E-state index contributed by atoms with van der Waals surface area (Å²) in [6.45, 7) is 0.793. The summed E-state index contributed by atoms with van der Waals surface area (Å²) in [5, 5.41) is 3.44. The Morgan fingerprint density at radius 3 is 2.27 bits per heavy atom. The lowest BCUT2D eigenvalue weighted by molar-refractivity contribution is -0.117. The molecule has 1 heterocycles. The highest BCUT2D eigenvalue weighted by molar-refractivity contribution is 6.30. The lowest BCUT2D eigenvalue weighted by atomic mass is 10.2. The van der Waals surface area contributed by atoms with E-state index in [2.05, 4.69) is 5.32 Å². The van der Waals surface area contributed by atoms with Gasteiger partial charge in [0.1, 0.15) is 6.54 Å². The molecular weight excluding hydrogens is 530 g/mol. The van der Waals surface area contributed by atoms with Gasteiger partial charge in [-0.25, -0.2) is 4.98 Å². The molecule has 9 nitrogen and oxygen atoms in total. The number of likely N-dealkylation sites (N-methyl/N-ethyl adjacent to an activating group) is 1. The number of amides is 2. The van der Waals surface area contributed by atoms with Crippen molar-refractivity contribution in [2.24, 2.45) is 0 Å². The van der Waals surface area contributed by atoms with Crippen molar-refractivity contribution in [3.05, 3.63) is 89.6 Å². The fraction of sp³-hybridized carbons (Fsp3) is 0.233. The summed E-state index contributed by atoms with van der Waals surface area (Å²) >= 11 is 6.00. The van der Waals surface area contributed by atoms with Crippen LogP contribution in [0.1, 0.15) is 10.4 Å². The van der Waals surface area contributed by atoms with Crippen LogP contribution < -0.4 is 14.8 Å². The Labute approximate surface area is 238 Å². The fourth-order valence-corrected chi connectivity index (χ4v) is 4.20. The number of nitrogens with one attached hydrogen (secondary N) is 1. The highest BCUT2D eigenvalue weighted by atomic mass is 35.5. The monoisotopic (exact) mass is 561 g/mol. The van der Waals surface area contributed by atoms with Crippen LogP contribution in [-0.2, 0) is 4.79 Å². The van der Waals surface area contributed by atoms with Crippen LogP contribution in [0.15, 0.2) is 79.0 Å². The smallest absolute Gasteiger partial charge is 0.254 e. The largest absolute Gasteiger partial charge is 0.493 e. The number of anilines is 1. The van der Waals surface area contributed by atoms with Crippen LogP contribution in [0, 0.1) is 0 Å². The second-order valence-electron chi connectivity index (χ2n) is 9.31. The molecule has 2 amide bonds. The van der Waals surface area contributed by atoms with Gasteiger partial charge in [0.05, 0.1) is 25.6 Å². The molecule has 0 aliphatic carbocycles. The second kappa shape index (κ2) is 13.1. The van der Waals surface area contributed by atoms with Crippen LogP contribution in [-0.4, -0.2) is 79.1 Å². The van der Waals surface area contributed by atoms with Gasteiger partial charge in [-0.1, -0.05) is 41.9 Å². The summed E-state index contributed by atoms with van der Waals surface area (Å²) in [5.41, 5.74) is 2.73. The highest BCUT2D eigenvalue weighted by Crippen LogP contribution is 2.31. The average Bonchev–Trinajstić information content (AvgIpc) is 3.38. The van der Waals surface area contributed by atoms with Crippen molar-refractivity contribution >= 4 is 29.4 Å². The molecule has 0 atom stereocenters. The minimum absolute atomic E-state index is 0.158. The molecule has 1 N–H and O–H groups in total. The van der Waals surface area contributed by atoms with Crippen molar-refractivity contribution in [1.29, 1.82) is 0 Å². The standard InChI is InChI=1S/C30H32ClN5O4/c1-34(2)16-17-35(29(38)22-10-12-23(31)13-11-22)20-28(37)33-30-32-25(21-8-6-5-7-9-21)19-36(30)24-14-15-26(39-3)27(18-24)40-4/h5-15,18-19H,16-17,20H2,1-4H3,(H,32,33,37). The van der Waals surface area contributed by atoms with Gasteiger partial charge in [-0.2, -0.15) is 0 Å². The van der Waals surface area contributed by atoms with Gasteiger partial charge < -0.3 is 19.3 Å². The van der Waals surface area contributed by atoms with Gasteiger partial charge in [0.15, 0.2) is 11.5 Å². The van der Waals surface area contributed by atoms with Crippen LogP contribution >= 0.6 is 11.6 Å². The van der Waals surface area contributed by atoms with Crippen LogP contribution in [0.3, 0.4) is 0 Å². The Bertz CT molecular complexity index is 1450. The van der Waals surface area contributed by atoms with Gasteiger partial charge in [-0.15, -0.1) is 0 Å². The number of hydrogen-bond acceptors (Lipinski definition) is 6. The first-order valence-electron chi connectivity index (χ1n) is 12.7. The first kappa shape index (κ1) is 28.7. The van der Waals surface area contributed by atoms with Gasteiger partial charge in [0.2, 0.25) is 11.9 Å². The molecule has 4 aromatic rings. The van der Waals surface area contributed by atoms with Crippen molar-refractivity contribution in [3.8, 4) is 28.4 Å². The second-order valence-corrected chi connectivity index (χ2v) is 9.75. The number of methoxy groups -OCH3 is 2. The number of rotatable bonds is 11. The molecule has 10 heteroatoms. The first-order chi connectivity index (χ1) is 19.3. The Hall–Kier alpha value is -4.34. The SMILES string of the molecule is COc1ccc(-n2cc(-c3ccccc3)nc2NC(=O)CN(CCN(C)C)C(=O)c2ccc(Cl)cc2)cc1OC. The molecule has 0 aliphatic rings. The van der Waals surface area contributed by atoms with E-state index in [0.29, 0.717) is 52.5 Å². The third kappa shape index (κ3) is 6.99. The predicted molar refractivity (Wildman–Crippen MR) is 157 cm³/mol. The summed E-state index contributed by atoms with van der Waals surface area (Å²) in [6, 6.07) is 21.7. The topological polar surface area (TPSA) is 88.9 Å². The molecule has 208 valence electrons. The van der Waals surface area contributed by atoms with Gasteiger partial charge in [-0.3, -0.25) is 19.5 Å². The van der Waals surface area contributed by atoms with E-state index in [-0.39, 0.29) is 18.4 Å². The van der Waals surface area contributed by atoms with E-state index in [1.54, 1.807) is 55.2 Å². The van der Waals surface area contributed by atoms with Gasteiger partial charge in [0, 0.05) is 41.5 Å². The molecule has 3 aromatic carbocycles. The third-order valence-corrected chi connectivity index (χ3v) is 6.45. The number of imidazole rings is 1. The zero-order valence-corrected chi connectivity index (χ0v) is 23.7. The zero-order chi connectivity index (χ0) is 28.6. The quantitative estimate of drug-likeness (QED) is 0.281. The summed E-state index contributed by atoms with van der Waals surface area (Å²) < 4.78 is 12.6. The number of benzene rings is 3. The Balaban J connectivity index is 1.64. The van der Waals surface area contributed by atoms with E-state index in [1.807, 2.05) is 61.6 Å². The third-order valence-electron chi connectivity index (χ3n) is 6.20. The normalized spacial score (nSPS) is 10.8. The molecule has 40 heavy (non-hydrogen) atoms. The lowest BCUT2D eigenvalue weighted by Gasteiger charge is -2.24. The van der Waals surface area contributed by atoms with Crippen molar-refractivity contribution in [2.45, 2.75) is 0 Å². The summed E-state index contributed by atoms with van der Waals surface area (Å²) in [7, 11) is 6.96.